The highest BCUT2D eigenvalue weighted by molar-refractivity contribution is 7.91. The third kappa shape index (κ3) is 4.84. The molecule has 0 spiro atoms. The van der Waals surface area contributed by atoms with Gasteiger partial charge in [0, 0.05) is 4.88 Å². The van der Waals surface area contributed by atoms with E-state index in [9.17, 15) is 17.2 Å². The number of thiophene rings is 1. The minimum atomic E-state index is -3.85. The van der Waals surface area contributed by atoms with Crippen molar-refractivity contribution in [1.82, 2.24) is 4.72 Å². The van der Waals surface area contributed by atoms with Crippen molar-refractivity contribution in [3.05, 3.63) is 17.0 Å². The van der Waals surface area contributed by atoms with Gasteiger partial charge in [0.25, 0.3) is 5.92 Å². The zero-order valence-electron chi connectivity index (χ0n) is 8.94. The smallest absolute Gasteiger partial charge is 0.273 e. The molecule has 0 aliphatic heterocycles. The van der Waals surface area contributed by atoms with Gasteiger partial charge in [0.1, 0.15) is 4.21 Å². The number of aryl methyl sites for hydroxylation is 1. The van der Waals surface area contributed by atoms with Gasteiger partial charge in [0.15, 0.2) is 0 Å². The zero-order valence-corrected chi connectivity index (χ0v) is 11.4. The van der Waals surface area contributed by atoms with Crippen LogP contribution in [0.2, 0.25) is 0 Å². The summed E-state index contributed by atoms with van der Waals surface area (Å²) < 4.78 is 50.4. The highest BCUT2D eigenvalue weighted by Gasteiger charge is 2.29. The Bertz CT molecular complexity index is 462. The van der Waals surface area contributed by atoms with Gasteiger partial charge in [0.2, 0.25) is 10.0 Å². The summed E-state index contributed by atoms with van der Waals surface area (Å²) in [7, 11) is -3.85. The van der Waals surface area contributed by atoms with Crippen molar-refractivity contribution in [1.29, 1.82) is 0 Å². The van der Waals surface area contributed by atoms with E-state index in [1.54, 1.807) is 13.0 Å². The minimum Gasteiger partial charge on any atom is -0.325 e. The van der Waals surface area contributed by atoms with E-state index < -0.39 is 29.0 Å². The predicted molar refractivity (Wildman–Crippen MR) is 65.5 cm³/mol. The van der Waals surface area contributed by atoms with Crippen LogP contribution in [0.1, 0.15) is 4.88 Å². The van der Waals surface area contributed by atoms with Crippen LogP contribution in [-0.4, -0.2) is 27.4 Å². The summed E-state index contributed by atoms with van der Waals surface area (Å²) in [6, 6.07) is 2.99. The largest absolute Gasteiger partial charge is 0.325 e. The minimum absolute atomic E-state index is 0. The van der Waals surface area contributed by atoms with Crippen LogP contribution >= 0.6 is 23.7 Å². The van der Waals surface area contributed by atoms with Crippen molar-refractivity contribution in [3.63, 3.8) is 0 Å². The molecule has 0 unspecified atom stereocenters. The lowest BCUT2D eigenvalue weighted by Crippen LogP contribution is -2.41. The highest BCUT2D eigenvalue weighted by Crippen LogP contribution is 2.21. The van der Waals surface area contributed by atoms with Gasteiger partial charge in [-0.1, -0.05) is 0 Å². The lowest BCUT2D eigenvalue weighted by atomic mass is 10.3. The number of rotatable bonds is 5. The molecular formula is C8H13ClF2N2O2S2. The Hall–Kier alpha value is -0.280. The normalized spacial score (nSPS) is 12.2. The Morgan fingerprint density at radius 3 is 2.47 bits per heavy atom. The van der Waals surface area contributed by atoms with Crippen LogP contribution in [0.4, 0.5) is 8.78 Å². The van der Waals surface area contributed by atoms with Crippen molar-refractivity contribution in [3.8, 4) is 0 Å². The third-order valence-corrected chi connectivity index (χ3v) is 4.69. The first-order chi connectivity index (χ1) is 7.27. The molecule has 4 nitrogen and oxygen atoms in total. The van der Waals surface area contributed by atoms with Crippen LogP contribution in [0.25, 0.3) is 0 Å². The molecule has 0 aliphatic rings. The Labute approximate surface area is 109 Å². The van der Waals surface area contributed by atoms with Crippen molar-refractivity contribution in [2.75, 3.05) is 13.1 Å². The molecule has 0 atom stereocenters. The molecule has 0 bridgehead atoms. The number of nitrogens with one attached hydrogen (secondary N) is 1. The first kappa shape index (κ1) is 16.7. The van der Waals surface area contributed by atoms with E-state index in [1.165, 1.54) is 6.07 Å². The van der Waals surface area contributed by atoms with Crippen LogP contribution in [0.5, 0.6) is 0 Å². The fraction of sp³-hybridized carbons (Fsp3) is 0.500. The maximum atomic E-state index is 12.8. The van der Waals surface area contributed by atoms with Crippen LogP contribution in [-0.2, 0) is 10.0 Å². The number of halogens is 3. The maximum Gasteiger partial charge on any atom is 0.273 e. The Morgan fingerprint density at radius 2 is 2.06 bits per heavy atom. The van der Waals surface area contributed by atoms with E-state index in [4.69, 9.17) is 5.73 Å². The summed E-state index contributed by atoms with van der Waals surface area (Å²) >= 11 is 1.03. The first-order valence-corrected chi connectivity index (χ1v) is 6.71. The number of sulfonamides is 1. The van der Waals surface area contributed by atoms with E-state index in [0.29, 0.717) is 0 Å². The molecule has 0 radical (unpaired) electrons. The fourth-order valence-electron chi connectivity index (χ4n) is 0.900. The van der Waals surface area contributed by atoms with Crippen LogP contribution < -0.4 is 10.5 Å². The third-order valence-electron chi connectivity index (χ3n) is 1.80. The van der Waals surface area contributed by atoms with Crippen LogP contribution in [0.15, 0.2) is 16.3 Å². The quantitative estimate of drug-likeness (QED) is 0.862. The van der Waals surface area contributed by atoms with E-state index in [2.05, 4.69) is 0 Å². The molecule has 100 valence electrons. The van der Waals surface area contributed by atoms with E-state index >= 15 is 0 Å². The second-order valence-electron chi connectivity index (χ2n) is 3.25. The second kappa shape index (κ2) is 6.05. The van der Waals surface area contributed by atoms with E-state index in [1.807, 2.05) is 4.72 Å². The van der Waals surface area contributed by atoms with Gasteiger partial charge in [-0.2, -0.15) is 0 Å². The van der Waals surface area contributed by atoms with Gasteiger partial charge in [0.05, 0.1) is 13.1 Å². The fourth-order valence-corrected chi connectivity index (χ4v) is 3.29. The molecule has 1 aromatic heterocycles. The molecule has 0 fully saturated rings. The predicted octanol–water partition coefficient (Wildman–Crippen LogP) is 1.35. The summed E-state index contributed by atoms with van der Waals surface area (Å²) in [5.74, 6) is -3.22. The molecule has 0 saturated carbocycles. The van der Waals surface area contributed by atoms with Gasteiger partial charge in [-0.05, 0) is 19.1 Å². The number of hydrogen-bond donors (Lipinski definition) is 2. The van der Waals surface area contributed by atoms with Crippen molar-refractivity contribution in [2.45, 2.75) is 17.1 Å². The molecule has 9 heteroatoms. The average Bonchev–Trinajstić information content (AvgIpc) is 2.63. The lowest BCUT2D eigenvalue weighted by molar-refractivity contribution is 0.0170. The summed E-state index contributed by atoms with van der Waals surface area (Å²) in [4.78, 5) is 0.797. The SMILES string of the molecule is Cc1ccc(S(=O)(=O)NCC(F)(F)CN)s1.Cl. The maximum absolute atomic E-state index is 12.8. The number of nitrogens with two attached hydrogens (primary N) is 1. The Morgan fingerprint density at radius 1 is 1.47 bits per heavy atom. The van der Waals surface area contributed by atoms with Crippen LogP contribution in [0, 0.1) is 6.92 Å². The van der Waals surface area contributed by atoms with Gasteiger partial charge < -0.3 is 5.73 Å². The molecule has 3 N–H and O–H groups in total. The number of alkyl halides is 2. The molecule has 0 aliphatic carbocycles. The van der Waals surface area contributed by atoms with Crippen LogP contribution in [0.3, 0.4) is 0 Å². The highest BCUT2D eigenvalue weighted by atomic mass is 35.5. The average molecular weight is 307 g/mol. The molecular weight excluding hydrogens is 294 g/mol. The Balaban J connectivity index is 0.00000256. The summed E-state index contributed by atoms with van der Waals surface area (Å²) in [5, 5.41) is 0. The van der Waals surface area contributed by atoms with E-state index in [-0.39, 0.29) is 16.6 Å². The molecule has 1 heterocycles. The number of hydrogen-bond acceptors (Lipinski definition) is 4. The van der Waals surface area contributed by atoms with Gasteiger partial charge in [-0.3, -0.25) is 0 Å². The summed E-state index contributed by atoms with van der Waals surface area (Å²) in [6.07, 6.45) is 0. The first-order valence-electron chi connectivity index (χ1n) is 4.41. The molecule has 1 rings (SSSR count). The monoisotopic (exact) mass is 306 g/mol. The molecule has 17 heavy (non-hydrogen) atoms. The molecule has 0 saturated heterocycles. The summed E-state index contributed by atoms with van der Waals surface area (Å²) in [5.41, 5.74) is 4.80. The van der Waals surface area contributed by atoms with Gasteiger partial charge in [-0.25, -0.2) is 21.9 Å². The molecule has 1 aromatic rings. The van der Waals surface area contributed by atoms with E-state index in [0.717, 1.165) is 16.2 Å². The lowest BCUT2D eigenvalue weighted by Gasteiger charge is -2.13. The topological polar surface area (TPSA) is 72.2 Å². The molecule has 0 amide bonds. The van der Waals surface area contributed by atoms with Gasteiger partial charge >= 0.3 is 0 Å². The van der Waals surface area contributed by atoms with Crippen molar-refractivity contribution < 1.29 is 17.2 Å². The Kier molecular flexibility index (Phi) is 5.95. The standard InChI is InChI=1S/C8H12F2N2O2S2.ClH/c1-6-2-3-7(15-6)16(13,14)12-5-8(9,10)4-11;/h2-3,12H,4-5,11H2,1H3;1H. The summed E-state index contributed by atoms with van der Waals surface area (Å²) in [6.45, 7) is -0.139. The van der Waals surface area contributed by atoms with Gasteiger partial charge in [-0.15, -0.1) is 23.7 Å². The zero-order chi connectivity index (χ0) is 12.4. The van der Waals surface area contributed by atoms with Crippen molar-refractivity contribution in [2.24, 2.45) is 5.73 Å². The van der Waals surface area contributed by atoms with Crippen molar-refractivity contribution >= 4 is 33.8 Å². The second-order valence-corrected chi connectivity index (χ2v) is 6.53. The molecule has 0 aromatic carbocycles.